The summed E-state index contributed by atoms with van der Waals surface area (Å²) in [5.41, 5.74) is 0.599. The van der Waals surface area contributed by atoms with Crippen LogP contribution in [0.25, 0.3) is 0 Å². The van der Waals surface area contributed by atoms with Gasteiger partial charge >= 0.3 is 12.0 Å². The number of aryl methyl sites for hydroxylation is 1. The number of carbonyl (C=O) groups is 2. The van der Waals surface area contributed by atoms with Crippen LogP contribution in [0.4, 0.5) is 9.80 Å². The van der Waals surface area contributed by atoms with E-state index >= 15 is 0 Å². The van der Waals surface area contributed by atoms with Crippen LogP contribution in [0.15, 0.2) is 35.2 Å². The Bertz CT molecular complexity index is 1030. The topological polar surface area (TPSA) is 134 Å². The molecule has 11 heteroatoms. The van der Waals surface area contributed by atoms with Gasteiger partial charge in [0.05, 0.1) is 17.0 Å². The first kappa shape index (κ1) is 22.1. The molecule has 0 saturated carbocycles. The Morgan fingerprint density at radius 2 is 2.03 bits per heavy atom. The van der Waals surface area contributed by atoms with Crippen LogP contribution in [0.1, 0.15) is 40.1 Å². The molecule has 1 aliphatic heterocycles. The molecule has 162 valence electrons. The van der Waals surface area contributed by atoms with Crippen LogP contribution in [0.2, 0.25) is 0 Å². The van der Waals surface area contributed by atoms with Gasteiger partial charge in [0.2, 0.25) is 0 Å². The molecule has 1 aliphatic rings. The molecule has 30 heavy (non-hydrogen) atoms. The van der Waals surface area contributed by atoms with E-state index in [1.807, 2.05) is 4.72 Å². The molecule has 2 amide bonds. The maximum Gasteiger partial charge on any atom is 0.338 e. The van der Waals surface area contributed by atoms with E-state index in [1.54, 1.807) is 25.1 Å². The van der Waals surface area contributed by atoms with Crippen molar-refractivity contribution in [3.8, 4) is 0 Å². The number of anilines is 1. The van der Waals surface area contributed by atoms with Gasteiger partial charge < -0.3 is 20.5 Å². The van der Waals surface area contributed by atoms with Gasteiger partial charge in [-0.15, -0.1) is 11.3 Å². The van der Waals surface area contributed by atoms with Crippen molar-refractivity contribution < 1.29 is 27.9 Å². The van der Waals surface area contributed by atoms with Crippen molar-refractivity contribution in [3.05, 3.63) is 46.3 Å². The zero-order chi connectivity index (χ0) is 21.7. The molecule has 1 saturated heterocycles. The maximum absolute atomic E-state index is 12.4. The highest BCUT2D eigenvalue weighted by Gasteiger charge is 2.22. The summed E-state index contributed by atoms with van der Waals surface area (Å²) in [4.78, 5) is 24.2. The van der Waals surface area contributed by atoms with Crippen LogP contribution in [-0.2, 0) is 21.3 Å². The number of amides is 2. The summed E-state index contributed by atoms with van der Waals surface area (Å²) in [6.07, 6.45) is 2.50. The SMILES string of the molecule is Cc1ccccc1S(=O)(=O)NC(=O)NCc1cc(C(=O)O)c(NC2CCCCO2)s1. The minimum absolute atomic E-state index is 0.0170. The fraction of sp³-hybridized carbons (Fsp3) is 0.368. The number of carboxylic acids is 1. The van der Waals surface area contributed by atoms with Gasteiger partial charge in [-0.2, -0.15) is 0 Å². The number of benzene rings is 1. The van der Waals surface area contributed by atoms with Crippen LogP contribution < -0.4 is 15.4 Å². The van der Waals surface area contributed by atoms with Crippen LogP contribution >= 0.6 is 11.3 Å². The van der Waals surface area contributed by atoms with E-state index < -0.39 is 22.0 Å². The summed E-state index contributed by atoms with van der Waals surface area (Å²) in [5.74, 6) is -1.10. The Balaban J connectivity index is 1.63. The molecule has 1 aromatic heterocycles. The molecule has 2 aromatic rings. The molecule has 0 bridgehead atoms. The first-order valence-corrected chi connectivity index (χ1v) is 11.7. The van der Waals surface area contributed by atoms with E-state index in [0.717, 1.165) is 19.3 Å². The molecular weight excluding hydrogens is 430 g/mol. The van der Waals surface area contributed by atoms with Crippen molar-refractivity contribution in [3.63, 3.8) is 0 Å². The number of aromatic carboxylic acids is 1. The molecule has 1 atom stereocenters. The number of rotatable bonds is 7. The van der Waals surface area contributed by atoms with Crippen LogP contribution in [-0.4, -0.2) is 38.4 Å². The van der Waals surface area contributed by atoms with E-state index in [4.69, 9.17) is 4.74 Å². The lowest BCUT2D eigenvalue weighted by Gasteiger charge is -2.23. The second-order valence-electron chi connectivity index (χ2n) is 6.81. The zero-order valence-corrected chi connectivity index (χ0v) is 17.9. The molecule has 1 unspecified atom stereocenters. The third-order valence-corrected chi connectivity index (χ3v) is 7.08. The quantitative estimate of drug-likeness (QED) is 0.506. The number of carboxylic acid groups (broad SMARTS) is 1. The van der Waals surface area contributed by atoms with E-state index in [-0.39, 0.29) is 23.2 Å². The van der Waals surface area contributed by atoms with Gasteiger partial charge in [-0.1, -0.05) is 18.2 Å². The Labute approximate surface area is 178 Å². The van der Waals surface area contributed by atoms with E-state index in [2.05, 4.69) is 10.6 Å². The second-order valence-corrected chi connectivity index (χ2v) is 9.60. The summed E-state index contributed by atoms with van der Waals surface area (Å²) < 4.78 is 32.3. The molecule has 1 fully saturated rings. The minimum atomic E-state index is -4.01. The summed E-state index contributed by atoms with van der Waals surface area (Å²) in [7, 11) is -4.01. The van der Waals surface area contributed by atoms with Crippen LogP contribution in [0.3, 0.4) is 0 Å². The lowest BCUT2D eigenvalue weighted by Crippen LogP contribution is -2.39. The zero-order valence-electron chi connectivity index (χ0n) is 16.3. The first-order valence-electron chi connectivity index (χ1n) is 9.36. The highest BCUT2D eigenvalue weighted by Crippen LogP contribution is 2.30. The predicted octanol–water partition coefficient (Wildman–Crippen LogP) is 2.88. The highest BCUT2D eigenvalue weighted by atomic mass is 32.2. The van der Waals surface area contributed by atoms with Gasteiger partial charge in [0.25, 0.3) is 10.0 Å². The van der Waals surface area contributed by atoms with Gasteiger partial charge in [0.1, 0.15) is 11.2 Å². The molecular formula is C19H23N3O6S2. The van der Waals surface area contributed by atoms with Crippen molar-refractivity contribution in [1.29, 1.82) is 0 Å². The summed E-state index contributed by atoms with van der Waals surface area (Å²) >= 11 is 1.18. The molecule has 4 N–H and O–H groups in total. The largest absolute Gasteiger partial charge is 0.478 e. The van der Waals surface area contributed by atoms with Gasteiger partial charge in [0.15, 0.2) is 0 Å². The van der Waals surface area contributed by atoms with Crippen molar-refractivity contribution in [2.75, 3.05) is 11.9 Å². The van der Waals surface area contributed by atoms with Gasteiger partial charge in [-0.25, -0.2) is 22.7 Å². The van der Waals surface area contributed by atoms with Crippen molar-refractivity contribution in [2.24, 2.45) is 0 Å². The Kier molecular flexibility index (Phi) is 6.95. The monoisotopic (exact) mass is 453 g/mol. The molecule has 9 nitrogen and oxygen atoms in total. The fourth-order valence-electron chi connectivity index (χ4n) is 3.03. The van der Waals surface area contributed by atoms with Gasteiger partial charge in [-0.05, 0) is 43.9 Å². The van der Waals surface area contributed by atoms with Gasteiger partial charge in [0, 0.05) is 11.5 Å². The van der Waals surface area contributed by atoms with Crippen molar-refractivity contribution in [2.45, 2.75) is 43.9 Å². The highest BCUT2D eigenvalue weighted by molar-refractivity contribution is 7.90. The van der Waals surface area contributed by atoms with E-state index in [9.17, 15) is 23.1 Å². The standard InChI is InChI=1S/C19H23N3O6S2/c1-12-6-2-3-7-15(12)30(26,27)22-19(25)20-11-13-10-14(18(23)24)17(29-13)21-16-8-4-5-9-28-16/h2-3,6-7,10,16,21H,4-5,8-9,11H2,1H3,(H,23,24)(H2,20,22,25). The number of nitrogens with one attached hydrogen (secondary N) is 3. The molecule has 2 heterocycles. The van der Waals surface area contributed by atoms with E-state index in [0.29, 0.717) is 22.0 Å². The maximum atomic E-state index is 12.4. The normalized spacial score (nSPS) is 16.6. The Morgan fingerprint density at radius 1 is 1.27 bits per heavy atom. The first-order chi connectivity index (χ1) is 14.3. The number of carbonyl (C=O) groups excluding carboxylic acids is 1. The Hall–Kier alpha value is -2.63. The van der Waals surface area contributed by atoms with Crippen molar-refractivity contribution in [1.82, 2.24) is 10.0 Å². The number of hydrogen-bond donors (Lipinski definition) is 4. The molecule has 0 aliphatic carbocycles. The minimum Gasteiger partial charge on any atom is -0.478 e. The number of ether oxygens (including phenoxy) is 1. The van der Waals surface area contributed by atoms with Crippen LogP contribution in [0, 0.1) is 6.92 Å². The fourth-order valence-corrected chi connectivity index (χ4v) is 5.24. The smallest absolute Gasteiger partial charge is 0.338 e. The third kappa shape index (κ3) is 5.49. The summed E-state index contributed by atoms with van der Waals surface area (Å²) in [5, 5.41) is 15.4. The molecule has 3 rings (SSSR count). The number of thiophene rings is 1. The molecule has 1 aromatic carbocycles. The number of sulfonamides is 1. The summed E-state index contributed by atoms with van der Waals surface area (Å²) in [6.45, 7) is 2.23. The average molecular weight is 454 g/mol. The number of hydrogen-bond acceptors (Lipinski definition) is 7. The number of urea groups is 1. The molecule has 0 spiro atoms. The second kappa shape index (κ2) is 9.45. The Morgan fingerprint density at radius 3 is 2.70 bits per heavy atom. The third-order valence-electron chi connectivity index (χ3n) is 4.52. The van der Waals surface area contributed by atoms with Crippen LogP contribution in [0.5, 0.6) is 0 Å². The van der Waals surface area contributed by atoms with Gasteiger partial charge in [-0.3, -0.25) is 0 Å². The lowest BCUT2D eigenvalue weighted by molar-refractivity contribution is 0.0344. The molecule has 0 radical (unpaired) electrons. The summed E-state index contributed by atoms with van der Waals surface area (Å²) in [6, 6.07) is 6.88. The lowest BCUT2D eigenvalue weighted by atomic mass is 10.2. The average Bonchev–Trinajstić information content (AvgIpc) is 3.10. The van der Waals surface area contributed by atoms with E-state index in [1.165, 1.54) is 23.5 Å². The predicted molar refractivity (Wildman–Crippen MR) is 112 cm³/mol. The van der Waals surface area contributed by atoms with Crippen molar-refractivity contribution >= 4 is 38.4 Å².